The Morgan fingerprint density at radius 3 is 1.44 bits per heavy atom. The SMILES string of the molecule is CC(C)(C)c1cccc(P(P)PP)c1C(C)(C)C.CC(C)(C)c1ccnc(P(P)PP)c1C(C)(C)C. The Kier molecular flexibility index (Phi) is 14.1. The molecule has 0 amide bonds. The summed E-state index contributed by atoms with van der Waals surface area (Å²) in [5, 5.41) is 1.56. The van der Waals surface area contributed by atoms with Crippen molar-refractivity contribution in [2.24, 2.45) is 0 Å². The van der Waals surface area contributed by atoms with Gasteiger partial charge in [0.25, 0.3) is 0 Å². The second-order valence-corrected chi connectivity index (χ2v) is 31.4. The van der Waals surface area contributed by atoms with Crippen LogP contribution in [0.15, 0.2) is 30.5 Å². The maximum atomic E-state index is 4.69. The molecule has 0 saturated carbocycles. The Labute approximate surface area is 238 Å². The highest BCUT2D eigenvalue weighted by Gasteiger charge is 2.30. The summed E-state index contributed by atoms with van der Waals surface area (Å²) in [4.78, 5) is 4.69. The van der Waals surface area contributed by atoms with Crippen molar-refractivity contribution in [3.05, 3.63) is 52.7 Å². The van der Waals surface area contributed by atoms with Crippen LogP contribution in [-0.4, -0.2) is 4.98 Å². The Morgan fingerprint density at radius 1 is 0.611 bits per heavy atom. The first-order valence-corrected chi connectivity index (χ1v) is 25.6. The van der Waals surface area contributed by atoms with Gasteiger partial charge in [-0.1, -0.05) is 117 Å². The lowest BCUT2D eigenvalue weighted by Gasteiger charge is -2.33. The van der Waals surface area contributed by atoms with E-state index in [9.17, 15) is 0 Å². The molecule has 36 heavy (non-hydrogen) atoms. The molecule has 1 heterocycles. The molecule has 1 aromatic heterocycles. The minimum absolute atomic E-state index is 0.114. The predicted octanol–water partition coefficient (Wildman–Crippen LogP) is 10.5. The van der Waals surface area contributed by atoms with Gasteiger partial charge in [0.2, 0.25) is 0 Å². The molecule has 0 aliphatic heterocycles. The van der Waals surface area contributed by atoms with Crippen molar-refractivity contribution < 1.29 is 0 Å². The van der Waals surface area contributed by atoms with Gasteiger partial charge in [0, 0.05) is 6.20 Å². The number of rotatable bonds is 4. The van der Waals surface area contributed by atoms with E-state index in [2.05, 4.69) is 143 Å². The molecule has 0 saturated heterocycles. The van der Waals surface area contributed by atoms with Crippen LogP contribution < -0.4 is 10.7 Å². The summed E-state index contributed by atoms with van der Waals surface area (Å²) in [6.07, 6.45) is 1.98. The Balaban J connectivity index is 0.000000360. The lowest BCUT2D eigenvalue weighted by molar-refractivity contribution is 0.531. The van der Waals surface area contributed by atoms with Gasteiger partial charge in [-0.3, -0.25) is 4.98 Å². The van der Waals surface area contributed by atoms with Crippen molar-refractivity contribution in [2.75, 3.05) is 0 Å². The van der Waals surface area contributed by atoms with Gasteiger partial charge in [-0.2, -0.15) is 0 Å². The van der Waals surface area contributed by atoms with E-state index in [4.69, 9.17) is 4.98 Å². The third-order valence-corrected chi connectivity index (χ3v) is 25.8. The molecule has 1 nitrogen and oxygen atoms in total. The second-order valence-electron chi connectivity index (χ2n) is 13.3. The van der Waals surface area contributed by atoms with Gasteiger partial charge in [-0.25, -0.2) is 0 Å². The molecule has 0 N–H and O–H groups in total. The summed E-state index contributed by atoms with van der Waals surface area (Å²) in [6.45, 7) is 27.7. The highest BCUT2D eigenvalue weighted by Crippen LogP contribution is 2.66. The highest BCUT2D eigenvalue weighted by atomic mass is 32.6. The summed E-state index contributed by atoms with van der Waals surface area (Å²) >= 11 is 0. The van der Waals surface area contributed by atoms with Gasteiger partial charge in [-0.05, 0) is 69.9 Å². The smallest absolute Gasteiger partial charge is 0.0753 e. The van der Waals surface area contributed by atoms with Crippen molar-refractivity contribution in [3.63, 3.8) is 0 Å². The Bertz CT molecular complexity index is 913. The topological polar surface area (TPSA) is 12.9 Å². The number of hydrogen-bond donors (Lipinski definition) is 0. The number of nitrogens with zero attached hydrogens (tertiary/aromatic N) is 1. The lowest BCUT2D eigenvalue weighted by atomic mass is 9.75. The van der Waals surface area contributed by atoms with Crippen molar-refractivity contribution >= 4 is 77.0 Å². The van der Waals surface area contributed by atoms with Crippen LogP contribution in [0.3, 0.4) is 0 Å². The molecule has 2 aromatic rings. The second kappa shape index (κ2) is 14.1. The monoisotopic (exact) mass is 637 g/mol. The number of hydrogen-bond acceptors (Lipinski definition) is 1. The lowest BCUT2D eigenvalue weighted by Crippen LogP contribution is -2.29. The minimum Gasteiger partial charge on any atom is -0.255 e. The summed E-state index contributed by atoms with van der Waals surface area (Å²) < 4.78 is 0. The fourth-order valence-corrected chi connectivity index (χ4v) is 11.8. The van der Waals surface area contributed by atoms with Crippen molar-refractivity contribution in [1.82, 2.24) is 4.98 Å². The average Bonchev–Trinajstić information content (AvgIpc) is 2.75. The molecule has 0 fully saturated rings. The summed E-state index contributed by atoms with van der Waals surface area (Å²) in [7, 11) is 13.3. The molecule has 204 valence electrons. The zero-order valence-electron chi connectivity index (χ0n) is 24.5. The molecule has 1 aromatic carbocycles. The van der Waals surface area contributed by atoms with E-state index in [0.717, 1.165) is 15.9 Å². The van der Waals surface area contributed by atoms with E-state index in [0.29, 0.717) is 0 Å². The van der Waals surface area contributed by atoms with E-state index < -0.39 is 0 Å². The van der Waals surface area contributed by atoms with Crippen LogP contribution in [-0.2, 0) is 21.7 Å². The molecule has 0 radical (unpaired) electrons. The van der Waals surface area contributed by atoms with Crippen LogP contribution in [0, 0.1) is 0 Å². The van der Waals surface area contributed by atoms with E-state index >= 15 is 0 Å². The van der Waals surface area contributed by atoms with Crippen molar-refractivity contribution in [2.45, 2.75) is 105 Å². The normalized spacial score (nSPS) is 15.3. The summed E-state index contributed by atoms with van der Waals surface area (Å²) in [5.74, 6) is 0. The number of aromatic nitrogens is 1. The standard InChI is InChI=1S/C14H26P4.C13H25NP4/c1-13(2,3)10-8-7-9-11(18(16)17-15)12(10)14(4,5)6;1-12(2,3)9-7-8-14-11(18(16)17-15)10(9)13(4,5)6/h7-9,17H,15-16H2,1-6H3;7-8,17H,15-16H2,1-6H3. The average molecular weight is 638 g/mol. The molecular weight excluding hydrogens is 586 g/mol. The molecule has 8 atom stereocenters. The van der Waals surface area contributed by atoms with E-state index in [1.54, 1.807) is 10.9 Å². The molecule has 0 aliphatic carbocycles. The molecule has 0 spiro atoms. The first kappa shape index (κ1) is 35.8. The molecule has 2 rings (SSSR count). The van der Waals surface area contributed by atoms with E-state index in [1.807, 2.05) is 6.20 Å². The maximum absolute atomic E-state index is 4.69. The highest BCUT2D eigenvalue weighted by molar-refractivity contribution is 8.63. The number of benzene rings is 1. The van der Waals surface area contributed by atoms with Gasteiger partial charge in [-0.15, -0.1) is 35.7 Å². The van der Waals surface area contributed by atoms with E-state index in [-0.39, 0.29) is 36.3 Å². The molecular formula is C27H51NP8. The summed E-state index contributed by atoms with van der Waals surface area (Å²) in [5.41, 5.74) is 8.01. The van der Waals surface area contributed by atoms with Crippen LogP contribution in [0.25, 0.3) is 0 Å². The zero-order valence-corrected chi connectivity index (χ0v) is 32.9. The van der Waals surface area contributed by atoms with Gasteiger partial charge in [0.1, 0.15) is 0 Å². The van der Waals surface area contributed by atoms with Gasteiger partial charge in [0.05, 0.1) is 5.44 Å². The van der Waals surface area contributed by atoms with Gasteiger partial charge >= 0.3 is 0 Å². The maximum Gasteiger partial charge on any atom is 0.0753 e. The van der Waals surface area contributed by atoms with Crippen LogP contribution in [0.1, 0.15) is 105 Å². The third kappa shape index (κ3) is 10.0. The Morgan fingerprint density at radius 2 is 1.06 bits per heavy atom. The fraction of sp³-hybridized carbons (Fsp3) is 0.593. The molecule has 8 unspecified atom stereocenters. The first-order valence-electron chi connectivity index (χ1n) is 12.3. The third-order valence-electron chi connectivity index (χ3n) is 5.86. The quantitative estimate of drug-likeness (QED) is 0.304. The predicted molar refractivity (Wildman–Crippen MR) is 194 cm³/mol. The Hall–Kier alpha value is 1.81. The zero-order chi connectivity index (χ0) is 28.3. The molecule has 9 heteroatoms. The minimum atomic E-state index is -0.226. The first-order chi connectivity index (χ1) is 16.2. The van der Waals surface area contributed by atoms with Gasteiger partial charge in [0.15, 0.2) is 0 Å². The van der Waals surface area contributed by atoms with Crippen LogP contribution in [0.4, 0.5) is 0 Å². The molecule has 0 bridgehead atoms. The van der Waals surface area contributed by atoms with E-state index in [1.165, 1.54) is 22.1 Å². The van der Waals surface area contributed by atoms with Crippen molar-refractivity contribution in [3.8, 4) is 0 Å². The summed E-state index contributed by atoms with van der Waals surface area (Å²) in [6, 6.07) is 9.06. The fourth-order valence-electron chi connectivity index (χ4n) is 4.28. The van der Waals surface area contributed by atoms with Gasteiger partial charge < -0.3 is 0 Å². The largest absolute Gasteiger partial charge is 0.255 e. The number of pyridine rings is 1. The van der Waals surface area contributed by atoms with Crippen LogP contribution >= 0.6 is 66.2 Å². The van der Waals surface area contributed by atoms with Crippen molar-refractivity contribution in [1.29, 1.82) is 0 Å². The van der Waals surface area contributed by atoms with Crippen LogP contribution in [0.2, 0.25) is 0 Å². The van der Waals surface area contributed by atoms with Crippen LogP contribution in [0.5, 0.6) is 0 Å². The molecule has 0 aliphatic rings.